The van der Waals surface area contributed by atoms with E-state index in [2.05, 4.69) is 15.3 Å². The van der Waals surface area contributed by atoms with Gasteiger partial charge in [-0.25, -0.2) is 9.97 Å². The van der Waals surface area contributed by atoms with Crippen molar-refractivity contribution in [3.05, 3.63) is 99.4 Å². The first-order valence-corrected chi connectivity index (χ1v) is 11.5. The maximum absolute atomic E-state index is 13.1. The van der Waals surface area contributed by atoms with E-state index in [0.717, 1.165) is 11.1 Å². The molecule has 5 nitrogen and oxygen atoms in total. The number of hydrogen-bond donors (Lipinski definition) is 1. The minimum atomic E-state index is -0.424. The molecule has 0 fully saturated rings. The monoisotopic (exact) mass is 511 g/mol. The minimum Gasteiger partial charge on any atom is -0.496 e. The number of aromatic nitrogens is 2. The molecule has 0 aliphatic heterocycles. The summed E-state index contributed by atoms with van der Waals surface area (Å²) in [5.41, 5.74) is 3.52. The predicted octanol–water partition coefficient (Wildman–Crippen LogP) is 7.27. The van der Waals surface area contributed by atoms with Gasteiger partial charge in [0.25, 0.3) is 5.91 Å². The van der Waals surface area contributed by atoms with E-state index in [1.165, 1.54) is 0 Å². The second-order valence-corrected chi connectivity index (χ2v) is 8.80. The van der Waals surface area contributed by atoms with Crippen molar-refractivity contribution in [2.24, 2.45) is 0 Å². The lowest BCUT2D eigenvalue weighted by Gasteiger charge is -2.17. The molecule has 0 saturated heterocycles. The number of carbonyl (C=O) groups is 1. The van der Waals surface area contributed by atoms with Gasteiger partial charge in [-0.05, 0) is 48.9 Å². The molecule has 4 aromatic rings. The van der Waals surface area contributed by atoms with Crippen LogP contribution in [0.4, 0.5) is 0 Å². The zero-order valence-corrected chi connectivity index (χ0v) is 20.6. The third-order valence-electron chi connectivity index (χ3n) is 5.29. The van der Waals surface area contributed by atoms with Crippen LogP contribution in [-0.2, 0) is 0 Å². The molecule has 4 rings (SSSR count). The van der Waals surface area contributed by atoms with Crippen molar-refractivity contribution in [2.75, 3.05) is 7.11 Å². The summed E-state index contributed by atoms with van der Waals surface area (Å²) in [7, 11) is 1.59. The number of nitrogens with zero attached hydrogens (tertiary/aromatic N) is 2. The highest BCUT2D eigenvalue weighted by Crippen LogP contribution is 2.36. The van der Waals surface area contributed by atoms with Crippen molar-refractivity contribution in [3.63, 3.8) is 0 Å². The molecule has 1 atom stereocenters. The van der Waals surface area contributed by atoms with E-state index in [1.54, 1.807) is 43.6 Å². The van der Waals surface area contributed by atoms with E-state index in [1.807, 2.05) is 43.3 Å². The molecule has 0 bridgehead atoms. The Labute approximate surface area is 212 Å². The molecule has 1 amide bonds. The van der Waals surface area contributed by atoms with E-state index in [0.29, 0.717) is 37.6 Å². The molecule has 0 aliphatic rings. The van der Waals surface area contributed by atoms with E-state index >= 15 is 0 Å². The third-order valence-corrected chi connectivity index (χ3v) is 6.09. The summed E-state index contributed by atoms with van der Waals surface area (Å²) in [5, 5.41) is 4.46. The van der Waals surface area contributed by atoms with Crippen molar-refractivity contribution in [1.29, 1.82) is 0 Å². The highest BCUT2D eigenvalue weighted by atomic mass is 35.5. The fourth-order valence-electron chi connectivity index (χ4n) is 3.58. The predicted molar refractivity (Wildman–Crippen MR) is 137 cm³/mol. The van der Waals surface area contributed by atoms with E-state index in [4.69, 9.17) is 39.5 Å². The molecule has 1 heterocycles. The van der Waals surface area contributed by atoms with Crippen molar-refractivity contribution in [2.45, 2.75) is 13.0 Å². The first kappa shape index (κ1) is 24.0. The van der Waals surface area contributed by atoms with E-state index < -0.39 is 5.91 Å². The number of methoxy groups -OCH3 is 1. The number of halogens is 3. The molecule has 0 aliphatic carbocycles. The summed E-state index contributed by atoms with van der Waals surface area (Å²) in [5.74, 6) is 0.274. The van der Waals surface area contributed by atoms with Crippen LogP contribution in [0.15, 0.2) is 72.9 Å². The fraction of sp³-hybridized carbons (Fsp3) is 0.115. The molecule has 8 heteroatoms. The highest BCUT2D eigenvalue weighted by molar-refractivity contribution is 6.36. The van der Waals surface area contributed by atoms with Gasteiger partial charge in [0.1, 0.15) is 5.75 Å². The lowest BCUT2D eigenvalue weighted by molar-refractivity contribution is 0.0929. The van der Waals surface area contributed by atoms with Gasteiger partial charge in [-0.2, -0.15) is 0 Å². The van der Waals surface area contributed by atoms with Crippen LogP contribution < -0.4 is 10.1 Å². The van der Waals surface area contributed by atoms with Gasteiger partial charge in [0.15, 0.2) is 0 Å². The lowest BCUT2D eigenvalue weighted by atomic mass is 10.0. The zero-order valence-electron chi connectivity index (χ0n) is 18.4. The number of nitrogens with one attached hydrogen (secondary N) is 1. The van der Waals surface area contributed by atoms with Crippen LogP contribution >= 0.6 is 34.8 Å². The number of amides is 1. The largest absolute Gasteiger partial charge is 0.496 e. The summed E-state index contributed by atoms with van der Waals surface area (Å²) in [6.07, 6.45) is 1.61. The van der Waals surface area contributed by atoms with Gasteiger partial charge in [-0.1, -0.05) is 65.1 Å². The van der Waals surface area contributed by atoms with Crippen molar-refractivity contribution >= 4 is 40.7 Å². The van der Waals surface area contributed by atoms with Crippen LogP contribution in [0.3, 0.4) is 0 Å². The van der Waals surface area contributed by atoms with Crippen molar-refractivity contribution in [1.82, 2.24) is 15.3 Å². The van der Waals surface area contributed by atoms with E-state index in [-0.39, 0.29) is 11.9 Å². The molecule has 0 radical (unpaired) electrons. The number of carbonyl (C=O) groups excluding carboxylic acids is 1. The maximum Gasteiger partial charge on any atom is 0.289 e. The third kappa shape index (κ3) is 5.17. The smallest absolute Gasteiger partial charge is 0.289 e. The molecule has 1 unspecified atom stereocenters. The van der Waals surface area contributed by atoms with Crippen LogP contribution in [-0.4, -0.2) is 23.0 Å². The highest BCUT2D eigenvalue weighted by Gasteiger charge is 2.20. The second-order valence-electron chi connectivity index (χ2n) is 7.52. The van der Waals surface area contributed by atoms with Gasteiger partial charge in [0.05, 0.1) is 23.9 Å². The molecular weight excluding hydrogens is 493 g/mol. The van der Waals surface area contributed by atoms with Crippen LogP contribution in [0.5, 0.6) is 5.75 Å². The molecule has 34 heavy (non-hydrogen) atoms. The lowest BCUT2D eigenvalue weighted by Crippen LogP contribution is -2.28. The quantitative estimate of drug-likeness (QED) is 0.295. The Hall–Kier alpha value is -3.12. The van der Waals surface area contributed by atoms with Crippen LogP contribution in [0.2, 0.25) is 15.1 Å². The number of para-hydroxylation sites is 1. The molecule has 0 spiro atoms. The Kier molecular flexibility index (Phi) is 7.37. The second kappa shape index (κ2) is 10.4. The zero-order chi connectivity index (χ0) is 24.2. The van der Waals surface area contributed by atoms with Gasteiger partial charge >= 0.3 is 0 Å². The first-order valence-electron chi connectivity index (χ1n) is 10.4. The van der Waals surface area contributed by atoms with Crippen molar-refractivity contribution < 1.29 is 9.53 Å². The summed E-state index contributed by atoms with van der Waals surface area (Å²) >= 11 is 18.6. The number of rotatable bonds is 6. The molecule has 172 valence electrons. The molecule has 1 N–H and O–H groups in total. The number of ether oxygens (including phenoxy) is 1. The van der Waals surface area contributed by atoms with Gasteiger partial charge in [0.2, 0.25) is 5.82 Å². The Balaban J connectivity index is 1.74. The normalized spacial score (nSPS) is 11.7. The van der Waals surface area contributed by atoms with Crippen molar-refractivity contribution in [3.8, 4) is 28.1 Å². The maximum atomic E-state index is 13.1. The van der Waals surface area contributed by atoms with Gasteiger partial charge in [0, 0.05) is 32.9 Å². The number of hydrogen-bond acceptors (Lipinski definition) is 4. The summed E-state index contributed by atoms with van der Waals surface area (Å²) in [6, 6.07) is 19.6. The Bertz CT molecular complexity index is 1340. The van der Waals surface area contributed by atoms with E-state index in [9.17, 15) is 4.79 Å². The Morgan fingerprint density at radius 2 is 1.65 bits per heavy atom. The fourth-order valence-corrected chi connectivity index (χ4v) is 4.21. The molecule has 0 saturated carbocycles. The minimum absolute atomic E-state index is 0.0143. The molecule has 1 aromatic heterocycles. The summed E-state index contributed by atoms with van der Waals surface area (Å²) in [4.78, 5) is 22.0. The first-order chi connectivity index (χ1) is 16.4. The Morgan fingerprint density at radius 3 is 2.35 bits per heavy atom. The number of benzene rings is 3. The SMILES string of the molecule is COc1ccccc1C(C)NC(=O)c1ncc(-c2ccc(Cl)cc2)c(-c2ccc(Cl)cc2Cl)n1. The average Bonchev–Trinajstić information content (AvgIpc) is 2.84. The van der Waals surface area contributed by atoms with Crippen LogP contribution in [0.25, 0.3) is 22.4 Å². The summed E-state index contributed by atoms with van der Waals surface area (Å²) < 4.78 is 5.41. The van der Waals surface area contributed by atoms with Gasteiger partial charge in [-0.3, -0.25) is 4.79 Å². The average molecular weight is 513 g/mol. The van der Waals surface area contributed by atoms with Crippen LogP contribution in [0, 0.1) is 0 Å². The molecule has 3 aromatic carbocycles. The standard InChI is InChI=1S/C26H20Cl3N3O2/c1-15(19-5-3-4-6-23(19)34-2)31-26(33)25-30-14-21(16-7-9-17(27)10-8-16)24(32-25)20-12-11-18(28)13-22(20)29/h3-15H,1-2H3,(H,31,33). The molecular formula is C26H20Cl3N3O2. The summed E-state index contributed by atoms with van der Waals surface area (Å²) in [6.45, 7) is 1.87. The van der Waals surface area contributed by atoms with Gasteiger partial charge < -0.3 is 10.1 Å². The van der Waals surface area contributed by atoms with Crippen LogP contribution in [0.1, 0.15) is 29.1 Å². The van der Waals surface area contributed by atoms with Gasteiger partial charge in [-0.15, -0.1) is 0 Å². The Morgan fingerprint density at radius 1 is 0.941 bits per heavy atom. The topological polar surface area (TPSA) is 64.1 Å².